The average molecular weight is 278 g/mol. The molecule has 0 saturated heterocycles. The molecule has 19 heavy (non-hydrogen) atoms. The van der Waals surface area contributed by atoms with Crippen LogP contribution in [-0.4, -0.2) is 47.6 Å². The van der Waals surface area contributed by atoms with Crippen LogP contribution in [0.25, 0.3) is 0 Å². The first-order valence-corrected chi connectivity index (χ1v) is 5.43. The second-order valence-electron chi connectivity index (χ2n) is 3.36. The zero-order valence-corrected chi connectivity index (χ0v) is 10.4. The van der Waals surface area contributed by atoms with Crippen LogP contribution in [0.15, 0.2) is 0 Å². The maximum atomic E-state index is 11.5. The molecule has 0 aliphatic rings. The fraction of sp³-hybridized carbons (Fsp3) is 0.778. The summed E-state index contributed by atoms with van der Waals surface area (Å²) in [6.45, 7) is 1.52. The summed E-state index contributed by atoms with van der Waals surface area (Å²) in [6, 6.07) is -2.15. The number of ether oxygens (including phenoxy) is 2. The highest BCUT2D eigenvalue weighted by Gasteiger charge is 2.48. The van der Waals surface area contributed by atoms with Crippen LogP contribution in [0.1, 0.15) is 13.8 Å². The Hall–Kier alpha value is -2.26. The van der Waals surface area contributed by atoms with Gasteiger partial charge in [-0.1, -0.05) is 0 Å². The Morgan fingerprint density at radius 1 is 1.05 bits per heavy atom. The quantitative estimate of drug-likeness (QED) is 0.333. The molecule has 0 saturated carbocycles. The van der Waals surface area contributed by atoms with Gasteiger partial charge in [0.05, 0.1) is 13.2 Å². The Bertz CT molecular complexity index is 369. The number of hydrogen-bond acceptors (Lipinski definition) is 8. The summed E-state index contributed by atoms with van der Waals surface area (Å²) in [5.41, 5.74) is 0. The number of nitrogens with zero attached hydrogens (tertiary/aromatic N) is 2. The van der Waals surface area contributed by atoms with Crippen LogP contribution in [0.5, 0.6) is 0 Å². The van der Waals surface area contributed by atoms with Gasteiger partial charge in [0.15, 0.2) is 5.92 Å². The summed E-state index contributed by atoms with van der Waals surface area (Å²) in [6.07, 6.45) is 0. The van der Waals surface area contributed by atoms with Crippen LogP contribution in [0, 0.1) is 26.1 Å². The van der Waals surface area contributed by atoms with Crippen LogP contribution in [0.2, 0.25) is 0 Å². The van der Waals surface area contributed by atoms with Gasteiger partial charge in [-0.05, 0) is 13.8 Å². The van der Waals surface area contributed by atoms with Crippen molar-refractivity contribution in [1.29, 1.82) is 0 Å². The molecule has 2 atom stereocenters. The standard InChI is InChI=1S/C9H14N2O8/c1-3-18-8(12)6(5-10(14)15)7(11(16)17)9(13)19-4-2/h6-7H,3-5H2,1-2H3. The number of esters is 2. The Labute approximate surface area is 108 Å². The monoisotopic (exact) mass is 278 g/mol. The highest BCUT2D eigenvalue weighted by Crippen LogP contribution is 2.13. The predicted molar refractivity (Wildman–Crippen MR) is 59.4 cm³/mol. The Balaban J connectivity index is 5.23. The van der Waals surface area contributed by atoms with Crippen LogP contribution in [-0.2, 0) is 19.1 Å². The van der Waals surface area contributed by atoms with Crippen molar-refractivity contribution in [2.24, 2.45) is 5.92 Å². The number of hydrogen-bond donors (Lipinski definition) is 0. The minimum Gasteiger partial charge on any atom is -0.465 e. The molecule has 10 heteroatoms. The van der Waals surface area contributed by atoms with Crippen LogP contribution < -0.4 is 0 Å². The lowest BCUT2D eigenvalue weighted by Crippen LogP contribution is -2.46. The van der Waals surface area contributed by atoms with Crippen molar-refractivity contribution in [2.45, 2.75) is 19.9 Å². The fourth-order valence-corrected chi connectivity index (χ4v) is 1.34. The molecule has 0 aromatic rings. The molecule has 0 radical (unpaired) electrons. The van der Waals surface area contributed by atoms with Crippen molar-refractivity contribution < 1.29 is 28.9 Å². The molecule has 0 bridgehead atoms. The first-order valence-electron chi connectivity index (χ1n) is 5.43. The minimum atomic E-state index is -2.15. The third-order valence-electron chi connectivity index (χ3n) is 2.07. The number of nitro groups is 2. The lowest BCUT2D eigenvalue weighted by atomic mass is 10.0. The molecule has 0 fully saturated rings. The molecule has 108 valence electrons. The summed E-state index contributed by atoms with van der Waals surface area (Å²) < 4.78 is 8.95. The second kappa shape index (κ2) is 7.95. The Kier molecular flexibility index (Phi) is 7.00. The number of carbonyl (C=O) groups is 2. The third kappa shape index (κ3) is 5.27. The van der Waals surface area contributed by atoms with E-state index in [1.54, 1.807) is 0 Å². The lowest BCUT2D eigenvalue weighted by molar-refractivity contribution is -0.541. The van der Waals surface area contributed by atoms with Crippen molar-refractivity contribution in [2.75, 3.05) is 19.8 Å². The van der Waals surface area contributed by atoms with Crippen LogP contribution >= 0.6 is 0 Å². The fourth-order valence-electron chi connectivity index (χ4n) is 1.34. The zero-order chi connectivity index (χ0) is 15.0. The predicted octanol–water partition coefficient (Wildman–Crippen LogP) is -0.349. The van der Waals surface area contributed by atoms with E-state index in [1.807, 2.05) is 0 Å². The van der Waals surface area contributed by atoms with Gasteiger partial charge in [-0.2, -0.15) is 0 Å². The molecule has 10 nitrogen and oxygen atoms in total. The van der Waals surface area contributed by atoms with E-state index in [0.29, 0.717) is 0 Å². The number of carbonyl (C=O) groups excluding carboxylic acids is 2. The van der Waals surface area contributed by atoms with Crippen molar-refractivity contribution in [3.05, 3.63) is 20.2 Å². The van der Waals surface area contributed by atoms with E-state index < -0.39 is 40.3 Å². The van der Waals surface area contributed by atoms with Gasteiger partial charge in [0, 0.05) is 9.85 Å². The van der Waals surface area contributed by atoms with E-state index in [0.717, 1.165) is 0 Å². The smallest absolute Gasteiger partial charge is 0.382 e. The normalized spacial score (nSPS) is 13.2. The van der Waals surface area contributed by atoms with Crippen LogP contribution in [0.3, 0.4) is 0 Å². The van der Waals surface area contributed by atoms with Gasteiger partial charge in [-0.15, -0.1) is 0 Å². The summed E-state index contributed by atoms with van der Waals surface area (Å²) in [4.78, 5) is 42.2. The van der Waals surface area contributed by atoms with Gasteiger partial charge in [-0.3, -0.25) is 25.0 Å². The molecule has 0 amide bonds. The molecule has 0 heterocycles. The molecule has 0 aliphatic heterocycles. The van der Waals surface area contributed by atoms with Gasteiger partial charge < -0.3 is 9.47 Å². The Morgan fingerprint density at radius 3 is 1.89 bits per heavy atom. The van der Waals surface area contributed by atoms with Crippen molar-refractivity contribution in [1.82, 2.24) is 0 Å². The molecule has 0 aromatic heterocycles. The summed E-state index contributed by atoms with van der Waals surface area (Å²) in [7, 11) is 0. The average Bonchev–Trinajstić information content (AvgIpc) is 2.27. The summed E-state index contributed by atoms with van der Waals surface area (Å²) in [5, 5.41) is 21.3. The molecule has 0 N–H and O–H groups in total. The minimum absolute atomic E-state index is 0.111. The van der Waals surface area contributed by atoms with Gasteiger partial charge in [0.2, 0.25) is 6.54 Å². The number of rotatable bonds is 8. The Morgan fingerprint density at radius 2 is 1.53 bits per heavy atom. The second-order valence-corrected chi connectivity index (χ2v) is 3.36. The topological polar surface area (TPSA) is 139 Å². The van der Waals surface area contributed by atoms with E-state index in [1.165, 1.54) is 13.8 Å². The van der Waals surface area contributed by atoms with E-state index in [4.69, 9.17) is 0 Å². The lowest BCUT2D eigenvalue weighted by Gasteiger charge is -2.15. The first kappa shape index (κ1) is 16.7. The van der Waals surface area contributed by atoms with Crippen molar-refractivity contribution in [3.63, 3.8) is 0 Å². The van der Waals surface area contributed by atoms with E-state index in [-0.39, 0.29) is 13.2 Å². The van der Waals surface area contributed by atoms with Crippen LogP contribution in [0.4, 0.5) is 0 Å². The third-order valence-corrected chi connectivity index (χ3v) is 2.07. The molecule has 0 rings (SSSR count). The molecule has 0 spiro atoms. The van der Waals surface area contributed by atoms with E-state index in [9.17, 15) is 29.8 Å². The van der Waals surface area contributed by atoms with Gasteiger partial charge in [-0.25, -0.2) is 4.79 Å². The summed E-state index contributed by atoms with van der Waals surface area (Å²) >= 11 is 0. The maximum absolute atomic E-state index is 11.5. The molecule has 0 aromatic carbocycles. The highest BCUT2D eigenvalue weighted by atomic mass is 16.6. The zero-order valence-electron chi connectivity index (χ0n) is 10.4. The maximum Gasteiger partial charge on any atom is 0.382 e. The summed E-state index contributed by atoms with van der Waals surface area (Å²) in [5.74, 6) is -4.29. The molecule has 2 unspecified atom stereocenters. The SMILES string of the molecule is CCOC(=O)C(C[N+](=O)[O-])C(C(=O)OCC)[N+](=O)[O-]. The molecule has 0 aliphatic carbocycles. The van der Waals surface area contributed by atoms with Gasteiger partial charge in [0.1, 0.15) is 0 Å². The highest BCUT2D eigenvalue weighted by molar-refractivity contribution is 5.83. The van der Waals surface area contributed by atoms with Crippen molar-refractivity contribution in [3.8, 4) is 0 Å². The van der Waals surface area contributed by atoms with Gasteiger partial charge >= 0.3 is 18.0 Å². The van der Waals surface area contributed by atoms with Crippen molar-refractivity contribution >= 4 is 11.9 Å². The first-order chi connectivity index (χ1) is 8.84. The molecular weight excluding hydrogens is 264 g/mol. The molecular formula is C9H14N2O8. The van der Waals surface area contributed by atoms with E-state index in [2.05, 4.69) is 9.47 Å². The largest absolute Gasteiger partial charge is 0.465 e. The van der Waals surface area contributed by atoms with Gasteiger partial charge in [0.25, 0.3) is 0 Å². The van der Waals surface area contributed by atoms with E-state index >= 15 is 0 Å².